The first-order chi connectivity index (χ1) is 7.13. The van der Waals surface area contributed by atoms with Crippen LogP contribution in [0.5, 0.6) is 0 Å². The van der Waals surface area contributed by atoms with Crippen LogP contribution in [0.25, 0.3) is 0 Å². The second-order valence-electron chi connectivity index (χ2n) is 4.17. The Kier molecular flexibility index (Phi) is 2.77. The van der Waals surface area contributed by atoms with Gasteiger partial charge in [0.2, 0.25) is 0 Å². The number of likely N-dealkylation sites (N-methyl/N-ethyl adjacent to an activating group) is 1. The molecule has 0 radical (unpaired) electrons. The molecule has 0 bridgehead atoms. The van der Waals surface area contributed by atoms with Crippen molar-refractivity contribution in [2.45, 2.75) is 12.5 Å². The van der Waals surface area contributed by atoms with E-state index in [4.69, 9.17) is 5.73 Å². The molecule has 15 heavy (non-hydrogen) atoms. The number of rotatable bonds is 2. The van der Waals surface area contributed by atoms with Crippen LogP contribution < -0.4 is 11.1 Å². The van der Waals surface area contributed by atoms with Crippen molar-refractivity contribution < 1.29 is 4.39 Å². The van der Waals surface area contributed by atoms with E-state index in [0.29, 0.717) is 11.7 Å². The van der Waals surface area contributed by atoms with E-state index in [9.17, 15) is 4.39 Å². The zero-order chi connectivity index (χ0) is 10.8. The molecule has 0 aromatic heterocycles. The maximum absolute atomic E-state index is 13.0. The zero-order valence-corrected chi connectivity index (χ0v) is 8.83. The second-order valence-corrected chi connectivity index (χ2v) is 4.17. The third-order valence-corrected chi connectivity index (χ3v) is 2.68. The molecule has 2 rings (SSSR count). The fourth-order valence-corrected chi connectivity index (χ4v) is 1.98. The van der Waals surface area contributed by atoms with Gasteiger partial charge in [0.25, 0.3) is 0 Å². The van der Waals surface area contributed by atoms with Gasteiger partial charge in [0.1, 0.15) is 5.82 Å². The fraction of sp³-hybridized carbons (Fsp3) is 0.455. The molecule has 3 N–H and O–H groups in total. The van der Waals surface area contributed by atoms with Crippen molar-refractivity contribution in [1.82, 2.24) is 4.90 Å². The summed E-state index contributed by atoms with van der Waals surface area (Å²) in [4.78, 5) is 2.25. The van der Waals surface area contributed by atoms with E-state index in [2.05, 4.69) is 17.3 Å². The molecule has 4 heteroatoms. The first-order valence-corrected chi connectivity index (χ1v) is 5.14. The summed E-state index contributed by atoms with van der Waals surface area (Å²) in [5, 5.41) is 3.29. The summed E-state index contributed by atoms with van der Waals surface area (Å²) in [6, 6.07) is 4.97. The molecule has 0 saturated carbocycles. The largest absolute Gasteiger partial charge is 0.399 e. The van der Waals surface area contributed by atoms with Crippen LogP contribution in [0.2, 0.25) is 0 Å². The van der Waals surface area contributed by atoms with Crippen molar-refractivity contribution in [3.05, 3.63) is 24.0 Å². The molecule has 82 valence electrons. The molecule has 0 amide bonds. The number of anilines is 2. The molecule has 1 heterocycles. The Labute approximate surface area is 89.1 Å². The van der Waals surface area contributed by atoms with E-state index >= 15 is 0 Å². The van der Waals surface area contributed by atoms with Crippen LogP contribution in [0.1, 0.15) is 6.42 Å². The van der Waals surface area contributed by atoms with Gasteiger partial charge in [-0.2, -0.15) is 0 Å². The maximum atomic E-state index is 13.0. The number of benzene rings is 1. The standard InChI is InChI=1S/C11H16FN3/c1-15-3-2-10(7-15)14-11-5-8(12)4-9(13)6-11/h4-6,10,14H,2-3,7,13H2,1H3. The summed E-state index contributed by atoms with van der Waals surface area (Å²) in [7, 11) is 2.08. The van der Waals surface area contributed by atoms with Gasteiger partial charge in [-0.15, -0.1) is 0 Å². The maximum Gasteiger partial charge on any atom is 0.127 e. The molecule has 1 aromatic rings. The van der Waals surface area contributed by atoms with Crippen molar-refractivity contribution in [3.8, 4) is 0 Å². The van der Waals surface area contributed by atoms with Gasteiger partial charge in [0.15, 0.2) is 0 Å². The molecule has 0 spiro atoms. The number of hydrogen-bond acceptors (Lipinski definition) is 3. The summed E-state index contributed by atoms with van der Waals surface area (Å²) < 4.78 is 13.0. The minimum Gasteiger partial charge on any atom is -0.399 e. The highest BCUT2D eigenvalue weighted by molar-refractivity contribution is 5.55. The number of nitrogens with one attached hydrogen (secondary N) is 1. The molecule has 1 atom stereocenters. The molecule has 1 unspecified atom stereocenters. The van der Waals surface area contributed by atoms with E-state index < -0.39 is 0 Å². The number of nitrogens with two attached hydrogens (primary N) is 1. The lowest BCUT2D eigenvalue weighted by Gasteiger charge is -2.14. The van der Waals surface area contributed by atoms with Crippen LogP contribution in [0.15, 0.2) is 18.2 Å². The van der Waals surface area contributed by atoms with Crippen LogP contribution in [-0.4, -0.2) is 31.1 Å². The minimum absolute atomic E-state index is 0.288. The molecule has 3 nitrogen and oxygen atoms in total. The molecule has 1 fully saturated rings. The molecular weight excluding hydrogens is 193 g/mol. The summed E-state index contributed by atoms with van der Waals surface area (Å²) in [6.45, 7) is 2.08. The van der Waals surface area contributed by atoms with Gasteiger partial charge in [0, 0.05) is 24.0 Å². The molecule has 0 aliphatic carbocycles. The van der Waals surface area contributed by atoms with Crippen LogP contribution in [0.4, 0.5) is 15.8 Å². The average Bonchev–Trinajstić information content (AvgIpc) is 2.49. The van der Waals surface area contributed by atoms with Gasteiger partial charge in [-0.1, -0.05) is 0 Å². The highest BCUT2D eigenvalue weighted by Gasteiger charge is 2.18. The number of likely N-dealkylation sites (tertiary alicyclic amines) is 1. The van der Waals surface area contributed by atoms with Crippen molar-refractivity contribution >= 4 is 11.4 Å². The van der Waals surface area contributed by atoms with Crippen molar-refractivity contribution in [3.63, 3.8) is 0 Å². The quantitative estimate of drug-likeness (QED) is 0.726. The van der Waals surface area contributed by atoms with Crippen molar-refractivity contribution in [2.75, 3.05) is 31.2 Å². The summed E-state index contributed by atoms with van der Waals surface area (Å²) in [5.41, 5.74) is 6.80. The van der Waals surface area contributed by atoms with Crippen LogP contribution >= 0.6 is 0 Å². The van der Waals surface area contributed by atoms with Gasteiger partial charge in [-0.3, -0.25) is 0 Å². The zero-order valence-electron chi connectivity index (χ0n) is 8.83. The molecule has 1 saturated heterocycles. The Hall–Kier alpha value is -1.29. The first-order valence-electron chi connectivity index (χ1n) is 5.14. The number of hydrogen-bond donors (Lipinski definition) is 2. The van der Waals surface area contributed by atoms with Crippen LogP contribution in [-0.2, 0) is 0 Å². The van der Waals surface area contributed by atoms with Gasteiger partial charge in [-0.05, 0) is 38.2 Å². The number of nitrogen functional groups attached to an aromatic ring is 1. The summed E-state index contributed by atoms with van der Waals surface area (Å²) in [6.07, 6.45) is 1.09. The Morgan fingerprint density at radius 3 is 2.87 bits per heavy atom. The lowest BCUT2D eigenvalue weighted by molar-refractivity contribution is 0.414. The predicted octanol–water partition coefficient (Wildman–Crippen LogP) is 1.52. The molecule has 1 aromatic carbocycles. The predicted molar refractivity (Wildman–Crippen MR) is 60.3 cm³/mol. The Balaban J connectivity index is 2.04. The topological polar surface area (TPSA) is 41.3 Å². The second kappa shape index (κ2) is 4.06. The van der Waals surface area contributed by atoms with Gasteiger partial charge in [-0.25, -0.2) is 4.39 Å². The third-order valence-electron chi connectivity index (χ3n) is 2.68. The molecular formula is C11H16FN3. The van der Waals surface area contributed by atoms with Crippen molar-refractivity contribution in [1.29, 1.82) is 0 Å². The minimum atomic E-state index is -0.288. The van der Waals surface area contributed by atoms with Gasteiger partial charge < -0.3 is 16.0 Å². The Morgan fingerprint density at radius 1 is 1.47 bits per heavy atom. The highest BCUT2D eigenvalue weighted by atomic mass is 19.1. The van der Waals surface area contributed by atoms with E-state index in [1.807, 2.05) is 0 Å². The molecule has 1 aliphatic rings. The smallest absolute Gasteiger partial charge is 0.127 e. The Morgan fingerprint density at radius 2 is 2.27 bits per heavy atom. The monoisotopic (exact) mass is 209 g/mol. The lowest BCUT2D eigenvalue weighted by Crippen LogP contribution is -2.23. The molecule has 1 aliphatic heterocycles. The van der Waals surface area contributed by atoms with Crippen LogP contribution in [0, 0.1) is 5.82 Å². The summed E-state index contributed by atoms with van der Waals surface area (Å²) in [5.74, 6) is -0.288. The first kappa shape index (κ1) is 10.2. The lowest BCUT2D eigenvalue weighted by atomic mass is 10.2. The number of nitrogens with zero attached hydrogens (tertiary/aromatic N) is 1. The summed E-state index contributed by atoms with van der Waals surface area (Å²) >= 11 is 0. The van der Waals surface area contributed by atoms with Gasteiger partial charge >= 0.3 is 0 Å². The normalized spacial score (nSPS) is 21.9. The fourth-order valence-electron chi connectivity index (χ4n) is 1.98. The third kappa shape index (κ3) is 2.59. The van der Waals surface area contributed by atoms with E-state index in [1.54, 1.807) is 6.07 Å². The van der Waals surface area contributed by atoms with Gasteiger partial charge in [0.05, 0.1) is 0 Å². The van der Waals surface area contributed by atoms with Crippen molar-refractivity contribution in [2.24, 2.45) is 0 Å². The number of halogens is 1. The Bertz CT molecular complexity index is 333. The van der Waals surface area contributed by atoms with E-state index in [0.717, 1.165) is 25.2 Å². The average molecular weight is 209 g/mol. The van der Waals surface area contributed by atoms with Crippen LogP contribution in [0.3, 0.4) is 0 Å². The van der Waals surface area contributed by atoms with E-state index in [-0.39, 0.29) is 5.82 Å². The SMILES string of the molecule is CN1CCC(Nc2cc(N)cc(F)c2)C1. The van der Waals surface area contributed by atoms with E-state index in [1.165, 1.54) is 12.1 Å². The highest BCUT2D eigenvalue weighted by Crippen LogP contribution is 2.19.